The molecule has 0 atom stereocenters. The molecule has 6 heteroatoms. The number of aromatic nitrogens is 2. The number of pyridine rings is 1. The van der Waals surface area contributed by atoms with Crippen LogP contribution in [0.2, 0.25) is 0 Å². The number of amidine groups is 1. The maximum absolute atomic E-state index is 12.6. The van der Waals surface area contributed by atoms with Crippen LogP contribution in [0.25, 0.3) is 11.0 Å². The Kier molecular flexibility index (Phi) is 4.08. The molecular formula is C17H20N4OS. The fraction of sp³-hybridized carbons (Fsp3) is 0.471. The van der Waals surface area contributed by atoms with Gasteiger partial charge in [-0.1, -0.05) is 31.0 Å². The number of aromatic amines is 1. The molecule has 0 unspecified atom stereocenters. The molecule has 23 heavy (non-hydrogen) atoms. The molecule has 0 spiro atoms. The van der Waals surface area contributed by atoms with Gasteiger partial charge in [0.25, 0.3) is 5.91 Å². The molecule has 1 amide bonds. The summed E-state index contributed by atoms with van der Waals surface area (Å²) in [5.74, 6) is 0.854. The minimum atomic E-state index is -0.172. The molecule has 2 fully saturated rings. The van der Waals surface area contributed by atoms with Crippen molar-refractivity contribution in [3.8, 4) is 0 Å². The summed E-state index contributed by atoms with van der Waals surface area (Å²) in [5.41, 5.74) is 1.34. The van der Waals surface area contributed by atoms with Crippen molar-refractivity contribution in [1.82, 2.24) is 14.9 Å². The second-order valence-electron chi connectivity index (χ2n) is 6.14. The SMILES string of the molecule is O=C(/N=C1\SCCN1C1CCCCC1)c1c[nH]c2ncccc12. The van der Waals surface area contributed by atoms with E-state index in [1.54, 1.807) is 24.2 Å². The number of nitrogens with zero attached hydrogens (tertiary/aromatic N) is 3. The van der Waals surface area contributed by atoms with Crippen LogP contribution in [-0.2, 0) is 0 Å². The molecule has 1 saturated heterocycles. The smallest absolute Gasteiger partial charge is 0.281 e. The lowest BCUT2D eigenvalue weighted by atomic mass is 9.94. The van der Waals surface area contributed by atoms with E-state index in [1.807, 2.05) is 12.1 Å². The second kappa shape index (κ2) is 6.35. The molecule has 4 rings (SSSR count). The first-order chi connectivity index (χ1) is 11.3. The minimum Gasteiger partial charge on any atom is -0.347 e. The average molecular weight is 328 g/mol. The normalized spacial score (nSPS) is 21.4. The Balaban J connectivity index is 1.59. The highest BCUT2D eigenvalue weighted by atomic mass is 32.2. The molecule has 1 saturated carbocycles. The third-order valence-corrected chi connectivity index (χ3v) is 5.67. The Labute approximate surface area is 139 Å². The van der Waals surface area contributed by atoms with Gasteiger partial charge in [0.1, 0.15) is 5.65 Å². The van der Waals surface area contributed by atoms with Crippen LogP contribution in [0.4, 0.5) is 0 Å². The average Bonchev–Trinajstić information content (AvgIpc) is 3.22. The van der Waals surface area contributed by atoms with Gasteiger partial charge in [-0.3, -0.25) is 4.79 Å². The summed E-state index contributed by atoms with van der Waals surface area (Å²) < 4.78 is 0. The first kappa shape index (κ1) is 14.8. The van der Waals surface area contributed by atoms with Crippen LogP contribution in [-0.4, -0.2) is 44.3 Å². The zero-order valence-corrected chi connectivity index (χ0v) is 13.8. The quantitative estimate of drug-likeness (QED) is 0.917. The van der Waals surface area contributed by atoms with Gasteiger partial charge in [0, 0.05) is 36.1 Å². The zero-order chi connectivity index (χ0) is 15.6. The topological polar surface area (TPSA) is 61.4 Å². The molecule has 2 aromatic heterocycles. The fourth-order valence-electron chi connectivity index (χ4n) is 3.52. The number of fused-ring (bicyclic) bond motifs is 1. The van der Waals surface area contributed by atoms with Gasteiger partial charge < -0.3 is 9.88 Å². The molecule has 1 aliphatic carbocycles. The zero-order valence-electron chi connectivity index (χ0n) is 13.0. The number of nitrogens with one attached hydrogen (secondary N) is 1. The molecule has 2 aliphatic rings. The van der Waals surface area contributed by atoms with Crippen LogP contribution in [0, 0.1) is 0 Å². The van der Waals surface area contributed by atoms with Crippen LogP contribution in [0.3, 0.4) is 0 Å². The van der Waals surface area contributed by atoms with Crippen LogP contribution in [0.5, 0.6) is 0 Å². The third-order valence-electron chi connectivity index (χ3n) is 4.70. The number of thioether (sulfide) groups is 1. The number of H-pyrrole nitrogens is 1. The summed E-state index contributed by atoms with van der Waals surface area (Å²) in [6, 6.07) is 4.32. The number of hydrogen-bond acceptors (Lipinski definition) is 3. The summed E-state index contributed by atoms with van der Waals surface area (Å²) in [6.07, 6.45) is 9.81. The molecule has 0 bridgehead atoms. The highest BCUT2D eigenvalue weighted by molar-refractivity contribution is 8.14. The number of amides is 1. The first-order valence-corrected chi connectivity index (χ1v) is 9.26. The van der Waals surface area contributed by atoms with Gasteiger partial charge in [-0.25, -0.2) is 4.98 Å². The van der Waals surface area contributed by atoms with E-state index in [0.717, 1.165) is 28.5 Å². The predicted molar refractivity (Wildman–Crippen MR) is 93.9 cm³/mol. The molecule has 0 radical (unpaired) electrons. The van der Waals surface area contributed by atoms with Crippen LogP contribution in [0.1, 0.15) is 42.5 Å². The van der Waals surface area contributed by atoms with Gasteiger partial charge in [0.15, 0.2) is 5.17 Å². The Bertz CT molecular complexity index is 748. The number of hydrogen-bond donors (Lipinski definition) is 1. The Morgan fingerprint density at radius 3 is 3.09 bits per heavy atom. The van der Waals surface area contributed by atoms with Crippen molar-refractivity contribution in [3.63, 3.8) is 0 Å². The van der Waals surface area contributed by atoms with E-state index >= 15 is 0 Å². The Hall–Kier alpha value is -1.82. The van der Waals surface area contributed by atoms with Crippen molar-refractivity contribution < 1.29 is 4.79 Å². The van der Waals surface area contributed by atoms with Crippen molar-refractivity contribution in [2.45, 2.75) is 38.1 Å². The van der Waals surface area contributed by atoms with Gasteiger partial charge >= 0.3 is 0 Å². The fourth-order valence-corrected chi connectivity index (χ4v) is 4.55. The lowest BCUT2D eigenvalue weighted by Gasteiger charge is -2.31. The molecular weight excluding hydrogens is 308 g/mol. The van der Waals surface area contributed by atoms with E-state index in [9.17, 15) is 4.79 Å². The molecule has 1 N–H and O–H groups in total. The lowest BCUT2D eigenvalue weighted by molar-refractivity contribution is 0.100. The molecule has 3 heterocycles. The summed E-state index contributed by atoms with van der Waals surface area (Å²) in [5, 5.41) is 1.74. The van der Waals surface area contributed by atoms with E-state index in [-0.39, 0.29) is 5.91 Å². The van der Waals surface area contributed by atoms with E-state index in [1.165, 1.54) is 32.1 Å². The van der Waals surface area contributed by atoms with Gasteiger partial charge in [-0.15, -0.1) is 0 Å². The highest BCUT2D eigenvalue weighted by Gasteiger charge is 2.29. The number of aliphatic imine (C=N–C) groups is 1. The summed E-state index contributed by atoms with van der Waals surface area (Å²) in [7, 11) is 0. The molecule has 0 aromatic carbocycles. The van der Waals surface area contributed by atoms with E-state index < -0.39 is 0 Å². The predicted octanol–water partition coefficient (Wildman–Crippen LogP) is 3.44. The minimum absolute atomic E-state index is 0.172. The molecule has 2 aromatic rings. The lowest BCUT2D eigenvalue weighted by Crippen LogP contribution is -2.37. The maximum atomic E-state index is 12.6. The van der Waals surface area contributed by atoms with Crippen molar-refractivity contribution >= 4 is 33.9 Å². The van der Waals surface area contributed by atoms with E-state index in [4.69, 9.17) is 0 Å². The van der Waals surface area contributed by atoms with Crippen molar-refractivity contribution in [1.29, 1.82) is 0 Å². The van der Waals surface area contributed by atoms with Crippen molar-refractivity contribution in [2.24, 2.45) is 4.99 Å². The monoisotopic (exact) mass is 328 g/mol. The van der Waals surface area contributed by atoms with E-state index in [2.05, 4.69) is 19.9 Å². The maximum Gasteiger partial charge on any atom is 0.281 e. The summed E-state index contributed by atoms with van der Waals surface area (Å²) >= 11 is 1.70. The van der Waals surface area contributed by atoms with Gasteiger partial charge in [0.2, 0.25) is 0 Å². The van der Waals surface area contributed by atoms with Crippen molar-refractivity contribution in [3.05, 3.63) is 30.1 Å². The summed E-state index contributed by atoms with van der Waals surface area (Å²) in [6.45, 7) is 1.01. The van der Waals surface area contributed by atoms with Gasteiger partial charge in [0.05, 0.1) is 5.56 Å². The van der Waals surface area contributed by atoms with Crippen LogP contribution >= 0.6 is 11.8 Å². The third kappa shape index (κ3) is 2.87. The highest BCUT2D eigenvalue weighted by Crippen LogP contribution is 2.29. The van der Waals surface area contributed by atoms with Crippen molar-refractivity contribution in [2.75, 3.05) is 12.3 Å². The standard InChI is InChI=1S/C17H20N4OS/c22-16(14-11-19-15-13(14)7-4-8-18-15)20-17-21(9-10-23-17)12-5-2-1-3-6-12/h4,7-8,11-12H,1-3,5-6,9-10H2,(H,18,19)/b20-17-. The molecule has 5 nitrogen and oxygen atoms in total. The molecule has 120 valence electrons. The first-order valence-electron chi connectivity index (χ1n) is 8.27. The number of carbonyl (C=O) groups excluding carboxylic acids is 1. The number of carbonyl (C=O) groups is 1. The second-order valence-corrected chi connectivity index (χ2v) is 7.20. The molecule has 1 aliphatic heterocycles. The number of rotatable bonds is 2. The van der Waals surface area contributed by atoms with E-state index in [0.29, 0.717) is 11.6 Å². The Morgan fingerprint density at radius 2 is 2.22 bits per heavy atom. The van der Waals surface area contributed by atoms with Gasteiger partial charge in [-0.05, 0) is 25.0 Å². The largest absolute Gasteiger partial charge is 0.347 e. The van der Waals surface area contributed by atoms with Crippen LogP contribution in [0.15, 0.2) is 29.5 Å². The Morgan fingerprint density at radius 1 is 1.35 bits per heavy atom. The van der Waals surface area contributed by atoms with Crippen LogP contribution < -0.4 is 0 Å². The summed E-state index contributed by atoms with van der Waals surface area (Å²) in [4.78, 5) is 26.7. The van der Waals surface area contributed by atoms with Gasteiger partial charge in [-0.2, -0.15) is 4.99 Å².